The van der Waals surface area contributed by atoms with E-state index in [2.05, 4.69) is 119 Å². The van der Waals surface area contributed by atoms with Gasteiger partial charge in [-0.15, -0.1) is 0 Å². The van der Waals surface area contributed by atoms with Crippen LogP contribution in [0.3, 0.4) is 0 Å². The van der Waals surface area contributed by atoms with E-state index < -0.39 is 5.41 Å². The summed E-state index contributed by atoms with van der Waals surface area (Å²) in [7, 11) is 0. The maximum atomic E-state index is 10.7. The second-order valence-corrected chi connectivity index (χ2v) is 15.3. The van der Waals surface area contributed by atoms with Crippen molar-refractivity contribution < 1.29 is 0 Å². The van der Waals surface area contributed by atoms with Crippen molar-refractivity contribution >= 4 is 0 Å². The zero-order valence-electron chi connectivity index (χ0n) is 27.9. The van der Waals surface area contributed by atoms with Gasteiger partial charge < -0.3 is 0 Å². The summed E-state index contributed by atoms with van der Waals surface area (Å²) in [4.78, 5) is 0. The molecule has 0 N–H and O–H groups in total. The van der Waals surface area contributed by atoms with Crippen LogP contribution in [0.4, 0.5) is 0 Å². The third-order valence-corrected chi connectivity index (χ3v) is 11.1. The molecule has 2 aromatic rings. The molecule has 218 valence electrons. The van der Waals surface area contributed by atoms with E-state index in [1.54, 1.807) is 0 Å². The van der Waals surface area contributed by atoms with Crippen LogP contribution >= 0.6 is 0 Å². The van der Waals surface area contributed by atoms with Crippen molar-refractivity contribution in [2.75, 3.05) is 0 Å². The molecular formula is C40H53N. The van der Waals surface area contributed by atoms with Gasteiger partial charge in [-0.1, -0.05) is 119 Å². The van der Waals surface area contributed by atoms with Crippen molar-refractivity contribution in [3.63, 3.8) is 0 Å². The van der Waals surface area contributed by atoms with Gasteiger partial charge in [0, 0.05) is 16.4 Å². The van der Waals surface area contributed by atoms with Gasteiger partial charge in [0.25, 0.3) is 0 Å². The van der Waals surface area contributed by atoms with E-state index in [0.29, 0.717) is 5.92 Å². The maximum absolute atomic E-state index is 10.7. The lowest BCUT2D eigenvalue weighted by Crippen LogP contribution is -2.28. The second-order valence-electron chi connectivity index (χ2n) is 15.3. The number of nitriles is 1. The lowest BCUT2D eigenvalue weighted by atomic mass is 9.66. The van der Waals surface area contributed by atoms with Crippen LogP contribution in [0.25, 0.3) is 11.1 Å². The molecule has 1 saturated carbocycles. The molecule has 2 aromatic carbocycles. The first-order valence-corrected chi connectivity index (χ1v) is 15.8. The second kappa shape index (κ2) is 10.5. The van der Waals surface area contributed by atoms with Crippen LogP contribution in [0.5, 0.6) is 0 Å². The van der Waals surface area contributed by atoms with E-state index >= 15 is 0 Å². The van der Waals surface area contributed by atoms with E-state index in [4.69, 9.17) is 6.58 Å². The Morgan fingerprint density at radius 2 is 1.54 bits per heavy atom. The molecule has 1 heteroatoms. The normalized spacial score (nSPS) is 20.4. The number of aryl methyl sites for hydroxylation is 1. The highest BCUT2D eigenvalue weighted by Crippen LogP contribution is 2.58. The molecule has 4 rings (SSSR count). The topological polar surface area (TPSA) is 23.8 Å². The van der Waals surface area contributed by atoms with Gasteiger partial charge in [-0.2, -0.15) is 5.26 Å². The fourth-order valence-corrected chi connectivity index (χ4v) is 7.43. The largest absolute Gasteiger partial charge is 0.193 e. The molecule has 1 nitrogen and oxygen atoms in total. The molecule has 0 saturated heterocycles. The fourth-order valence-electron chi connectivity index (χ4n) is 7.43. The molecule has 2 aliphatic carbocycles. The van der Waals surface area contributed by atoms with Gasteiger partial charge in [-0.3, -0.25) is 0 Å². The summed E-state index contributed by atoms with van der Waals surface area (Å²) in [6, 6.07) is 14.7. The summed E-state index contributed by atoms with van der Waals surface area (Å²) in [5, 5.41) is 10.7. The SMILES string of the molecule is C=C(CC)/C(C(=C)C1(C)c2ccc(C(C)(C)C(C)C)cc2-c2cc(C(C)(C)C)c(C)cc21)=C(/C#N)C1(C)CCCC1. The molecule has 0 bridgehead atoms. The fraction of sp³-hybridized carbons (Fsp3) is 0.525. The first-order chi connectivity index (χ1) is 18.9. The Bertz CT molecular complexity index is 1470. The van der Waals surface area contributed by atoms with Gasteiger partial charge >= 0.3 is 0 Å². The highest BCUT2D eigenvalue weighted by atomic mass is 14.5. The van der Waals surface area contributed by atoms with Gasteiger partial charge in [-0.25, -0.2) is 0 Å². The number of hydrogen-bond donors (Lipinski definition) is 0. The van der Waals surface area contributed by atoms with Crippen molar-refractivity contribution in [3.05, 3.63) is 93.6 Å². The Labute approximate surface area is 251 Å². The standard InChI is InChI=1S/C40H53N/c1-14-26(4)36(35(24-41)39(12)19-15-16-20-39)28(6)40(13)32-18-17-29(38(10,11)25(2)3)22-30(32)31-23-33(37(7,8)9)27(5)21-34(31)40/h17-18,21-23,25H,4,6,14-16,19-20H2,1-3,5,7-13H3/b36-35+. The van der Waals surface area contributed by atoms with Crippen LogP contribution in [0.1, 0.15) is 129 Å². The average Bonchev–Trinajstić information content (AvgIpc) is 3.45. The van der Waals surface area contributed by atoms with Crippen molar-refractivity contribution in [2.45, 2.75) is 125 Å². The number of allylic oxidation sites excluding steroid dienone is 4. The van der Waals surface area contributed by atoms with Gasteiger partial charge in [-0.05, 0) is 106 Å². The van der Waals surface area contributed by atoms with Crippen molar-refractivity contribution in [1.29, 1.82) is 5.26 Å². The van der Waals surface area contributed by atoms with E-state index in [9.17, 15) is 5.26 Å². The zero-order chi connectivity index (χ0) is 30.7. The van der Waals surface area contributed by atoms with E-state index in [0.717, 1.165) is 41.6 Å². The van der Waals surface area contributed by atoms with Gasteiger partial charge in [0.05, 0.1) is 6.07 Å². The highest BCUT2D eigenvalue weighted by molar-refractivity contribution is 5.86. The summed E-state index contributed by atoms with van der Waals surface area (Å²) in [6.07, 6.45) is 5.25. The Morgan fingerprint density at radius 1 is 0.951 bits per heavy atom. The molecule has 0 aromatic heterocycles. The molecule has 0 heterocycles. The van der Waals surface area contributed by atoms with Crippen LogP contribution in [-0.4, -0.2) is 0 Å². The van der Waals surface area contributed by atoms with Crippen LogP contribution in [0.2, 0.25) is 0 Å². The molecule has 1 fully saturated rings. The van der Waals surface area contributed by atoms with Gasteiger partial charge in [0.1, 0.15) is 0 Å². The third kappa shape index (κ3) is 4.86. The highest BCUT2D eigenvalue weighted by Gasteiger charge is 2.46. The molecule has 41 heavy (non-hydrogen) atoms. The summed E-state index contributed by atoms with van der Waals surface area (Å²) in [6.45, 7) is 34.7. The molecule has 0 spiro atoms. The molecule has 0 radical (unpaired) electrons. The van der Waals surface area contributed by atoms with Gasteiger partial charge in [0.2, 0.25) is 0 Å². The number of fused-ring (bicyclic) bond motifs is 3. The average molecular weight is 548 g/mol. The Balaban J connectivity index is 2.09. The molecule has 1 unspecified atom stereocenters. The lowest BCUT2D eigenvalue weighted by molar-refractivity contribution is 0.372. The minimum absolute atomic E-state index is 0.0384. The minimum Gasteiger partial charge on any atom is -0.193 e. The molecular weight excluding hydrogens is 494 g/mol. The number of hydrogen-bond acceptors (Lipinski definition) is 1. The third-order valence-electron chi connectivity index (χ3n) is 11.1. The first kappa shape index (κ1) is 31.1. The Kier molecular flexibility index (Phi) is 7.93. The molecule has 0 amide bonds. The summed E-state index contributed by atoms with van der Waals surface area (Å²) in [5.41, 5.74) is 12.8. The summed E-state index contributed by atoms with van der Waals surface area (Å²) >= 11 is 0. The van der Waals surface area contributed by atoms with E-state index in [1.807, 2.05) is 0 Å². The molecule has 1 atom stereocenters. The van der Waals surface area contributed by atoms with Crippen LogP contribution in [0, 0.1) is 29.6 Å². The van der Waals surface area contributed by atoms with Crippen LogP contribution < -0.4 is 0 Å². The summed E-state index contributed by atoms with van der Waals surface area (Å²) < 4.78 is 0. The molecule has 2 aliphatic rings. The smallest absolute Gasteiger partial charge is 0.0959 e. The van der Waals surface area contributed by atoms with Gasteiger partial charge in [0.15, 0.2) is 0 Å². The predicted octanol–water partition coefficient (Wildman–Crippen LogP) is 11.4. The number of rotatable bonds is 7. The maximum Gasteiger partial charge on any atom is 0.0959 e. The first-order valence-electron chi connectivity index (χ1n) is 15.8. The minimum atomic E-state index is -0.461. The Morgan fingerprint density at radius 3 is 2.05 bits per heavy atom. The van der Waals surface area contributed by atoms with E-state index in [1.165, 1.54) is 51.8 Å². The monoisotopic (exact) mass is 547 g/mol. The van der Waals surface area contributed by atoms with E-state index in [-0.39, 0.29) is 16.2 Å². The Hall–Kier alpha value is -2.85. The number of benzene rings is 2. The molecule has 0 aliphatic heterocycles. The summed E-state index contributed by atoms with van der Waals surface area (Å²) in [5.74, 6) is 0.513. The van der Waals surface area contributed by atoms with Crippen molar-refractivity contribution in [1.82, 2.24) is 0 Å². The lowest BCUT2D eigenvalue weighted by Gasteiger charge is -2.36. The quantitative estimate of drug-likeness (QED) is 0.250. The van der Waals surface area contributed by atoms with Crippen molar-refractivity contribution in [3.8, 4) is 17.2 Å². The van der Waals surface area contributed by atoms with Crippen LogP contribution in [-0.2, 0) is 16.2 Å². The zero-order valence-corrected chi connectivity index (χ0v) is 27.9. The number of nitrogens with zero attached hydrogens (tertiary/aromatic N) is 1. The predicted molar refractivity (Wildman–Crippen MR) is 177 cm³/mol. The van der Waals surface area contributed by atoms with Crippen molar-refractivity contribution in [2.24, 2.45) is 11.3 Å². The van der Waals surface area contributed by atoms with Crippen LogP contribution in [0.15, 0.2) is 65.8 Å².